The third kappa shape index (κ3) is 68.3. The van der Waals surface area contributed by atoms with E-state index < -0.39 is 6.10 Å². The van der Waals surface area contributed by atoms with Crippen LogP contribution in [0.3, 0.4) is 0 Å². The lowest BCUT2D eigenvalue weighted by molar-refractivity contribution is -0.167. The van der Waals surface area contributed by atoms with E-state index in [0.29, 0.717) is 19.3 Å². The van der Waals surface area contributed by atoms with E-state index in [1.54, 1.807) is 0 Å². The second kappa shape index (κ2) is 70.1. The van der Waals surface area contributed by atoms with Crippen LogP contribution < -0.4 is 0 Å². The molecule has 0 rings (SSSR count). The van der Waals surface area contributed by atoms with E-state index in [9.17, 15) is 14.4 Å². The van der Waals surface area contributed by atoms with Gasteiger partial charge >= 0.3 is 17.9 Å². The fraction of sp³-hybridized carbons (Fsp3) is 0.880. The molecule has 81 heavy (non-hydrogen) atoms. The predicted molar refractivity (Wildman–Crippen MR) is 353 cm³/mol. The van der Waals surface area contributed by atoms with E-state index in [1.807, 2.05) is 0 Å². The SMILES string of the molecule is CCCCCC/C=C\C/C=C\CCCCCCCCCC(=O)OC(COC(=O)CCCCCCC/C=C\CCCCCC)COC(=O)CCCCCCCCCCCCCCCCCCCCCCCCCCCCCCCCCC. The number of rotatable bonds is 68. The van der Waals surface area contributed by atoms with Crippen molar-refractivity contribution in [1.29, 1.82) is 0 Å². The Morgan fingerprint density at radius 2 is 0.444 bits per heavy atom. The van der Waals surface area contributed by atoms with Gasteiger partial charge in [0.05, 0.1) is 0 Å². The zero-order valence-corrected chi connectivity index (χ0v) is 54.8. The van der Waals surface area contributed by atoms with Gasteiger partial charge in [0, 0.05) is 19.3 Å². The van der Waals surface area contributed by atoms with E-state index in [2.05, 4.69) is 57.2 Å². The molecule has 6 heteroatoms. The molecule has 0 aliphatic carbocycles. The van der Waals surface area contributed by atoms with Crippen LogP contribution in [0, 0.1) is 0 Å². The summed E-state index contributed by atoms with van der Waals surface area (Å²) >= 11 is 0. The highest BCUT2D eigenvalue weighted by Gasteiger charge is 2.19. The Balaban J connectivity index is 4.12. The third-order valence-electron chi connectivity index (χ3n) is 16.6. The fourth-order valence-corrected chi connectivity index (χ4v) is 11.1. The zero-order chi connectivity index (χ0) is 58.5. The summed E-state index contributed by atoms with van der Waals surface area (Å²) in [4.78, 5) is 38.4. The molecule has 1 unspecified atom stereocenters. The first kappa shape index (κ1) is 78.6. The molecule has 0 amide bonds. The number of ether oxygens (including phenoxy) is 3. The van der Waals surface area contributed by atoms with Crippen LogP contribution in [0.4, 0.5) is 0 Å². The van der Waals surface area contributed by atoms with Crippen LogP contribution in [0.5, 0.6) is 0 Å². The van der Waals surface area contributed by atoms with Crippen LogP contribution in [0.1, 0.15) is 406 Å². The van der Waals surface area contributed by atoms with Crippen LogP contribution >= 0.6 is 0 Å². The highest BCUT2D eigenvalue weighted by molar-refractivity contribution is 5.71. The average molecular weight is 1140 g/mol. The Labute approximate surface area is 506 Å². The summed E-state index contributed by atoms with van der Waals surface area (Å²) in [5.41, 5.74) is 0. The lowest BCUT2D eigenvalue weighted by atomic mass is 10.0. The molecule has 476 valence electrons. The minimum Gasteiger partial charge on any atom is -0.462 e. The van der Waals surface area contributed by atoms with Gasteiger partial charge in [-0.1, -0.05) is 346 Å². The maximum Gasteiger partial charge on any atom is 0.306 e. The first-order valence-electron chi connectivity index (χ1n) is 36.5. The molecule has 0 saturated heterocycles. The van der Waals surface area contributed by atoms with E-state index in [-0.39, 0.29) is 31.1 Å². The minimum atomic E-state index is -0.779. The van der Waals surface area contributed by atoms with Crippen molar-refractivity contribution in [3.63, 3.8) is 0 Å². The molecule has 1 atom stereocenters. The van der Waals surface area contributed by atoms with Crippen LogP contribution in [0.2, 0.25) is 0 Å². The van der Waals surface area contributed by atoms with Gasteiger partial charge in [-0.3, -0.25) is 14.4 Å². The lowest BCUT2D eigenvalue weighted by Gasteiger charge is -2.18. The van der Waals surface area contributed by atoms with E-state index in [1.165, 1.54) is 289 Å². The molecular weight excluding hydrogens is 997 g/mol. The van der Waals surface area contributed by atoms with Gasteiger partial charge in [-0.15, -0.1) is 0 Å². The number of allylic oxidation sites excluding steroid dienone is 6. The molecule has 0 spiro atoms. The summed E-state index contributed by atoms with van der Waals surface area (Å²) < 4.78 is 17.0. The maximum absolute atomic E-state index is 12.9. The van der Waals surface area contributed by atoms with Crippen molar-refractivity contribution in [2.24, 2.45) is 0 Å². The lowest BCUT2D eigenvalue weighted by Crippen LogP contribution is -2.30. The summed E-state index contributed by atoms with van der Waals surface area (Å²) in [6, 6.07) is 0. The van der Waals surface area contributed by atoms with E-state index in [4.69, 9.17) is 14.2 Å². The third-order valence-corrected chi connectivity index (χ3v) is 16.6. The maximum atomic E-state index is 12.9. The van der Waals surface area contributed by atoms with Gasteiger partial charge in [0.25, 0.3) is 0 Å². The van der Waals surface area contributed by atoms with Gasteiger partial charge in [0.1, 0.15) is 13.2 Å². The van der Waals surface area contributed by atoms with Crippen molar-refractivity contribution in [2.75, 3.05) is 13.2 Å². The molecule has 0 fully saturated rings. The Morgan fingerprint density at radius 3 is 0.704 bits per heavy atom. The number of hydrogen-bond acceptors (Lipinski definition) is 6. The molecule has 0 N–H and O–H groups in total. The molecule has 0 radical (unpaired) electrons. The standard InChI is InChI=1S/C75H140O6/c1-4-7-10-13-16-19-22-25-27-29-31-32-33-34-35-36-37-38-39-40-41-42-43-44-46-47-50-53-56-59-62-65-68-74(77)80-71-72(70-79-73(76)67-64-61-58-55-52-49-24-21-18-15-12-9-6-3)81-75(78)69-66-63-60-57-54-51-48-45-30-28-26-23-20-17-14-11-8-5-2/h20-21,23-24,28,30,72H,4-19,22,25-27,29,31-71H2,1-3H3/b23-20-,24-21-,30-28-. The predicted octanol–water partition coefficient (Wildman–Crippen LogP) is 25.1. The number of carbonyl (C=O) groups is 3. The number of unbranched alkanes of at least 4 members (excludes halogenated alkanes) is 51. The molecule has 0 bridgehead atoms. The van der Waals surface area contributed by atoms with Gasteiger partial charge in [-0.25, -0.2) is 0 Å². The highest BCUT2D eigenvalue weighted by atomic mass is 16.6. The minimum absolute atomic E-state index is 0.0737. The normalized spacial score (nSPS) is 12.2. The van der Waals surface area contributed by atoms with Gasteiger partial charge < -0.3 is 14.2 Å². The highest BCUT2D eigenvalue weighted by Crippen LogP contribution is 2.19. The average Bonchev–Trinajstić information content (AvgIpc) is 3.47. The van der Waals surface area contributed by atoms with Crippen molar-refractivity contribution in [3.8, 4) is 0 Å². The smallest absolute Gasteiger partial charge is 0.306 e. The fourth-order valence-electron chi connectivity index (χ4n) is 11.1. The summed E-state index contributed by atoms with van der Waals surface area (Å²) in [6.07, 6.45) is 87.7. The topological polar surface area (TPSA) is 78.9 Å². The second-order valence-electron chi connectivity index (χ2n) is 24.9. The molecule has 6 nitrogen and oxygen atoms in total. The van der Waals surface area contributed by atoms with Crippen LogP contribution in [0.15, 0.2) is 36.5 Å². The molecule has 0 aliphatic heterocycles. The number of esters is 3. The number of hydrogen-bond donors (Lipinski definition) is 0. The van der Waals surface area contributed by atoms with Crippen molar-refractivity contribution >= 4 is 17.9 Å². The Kier molecular flexibility index (Phi) is 68.1. The Hall–Kier alpha value is -2.37. The Morgan fingerprint density at radius 1 is 0.247 bits per heavy atom. The van der Waals surface area contributed by atoms with Crippen LogP contribution in [-0.2, 0) is 28.6 Å². The number of carbonyl (C=O) groups excluding carboxylic acids is 3. The van der Waals surface area contributed by atoms with E-state index in [0.717, 1.165) is 77.0 Å². The Bertz CT molecular complexity index is 1350. The molecule has 0 aromatic carbocycles. The molecule has 0 heterocycles. The summed E-state index contributed by atoms with van der Waals surface area (Å²) in [5, 5.41) is 0. The van der Waals surface area contributed by atoms with Crippen LogP contribution in [-0.4, -0.2) is 37.2 Å². The van der Waals surface area contributed by atoms with Gasteiger partial charge in [-0.2, -0.15) is 0 Å². The summed E-state index contributed by atoms with van der Waals surface area (Å²) in [7, 11) is 0. The zero-order valence-electron chi connectivity index (χ0n) is 54.8. The molecule has 0 saturated carbocycles. The van der Waals surface area contributed by atoms with Crippen molar-refractivity contribution < 1.29 is 28.6 Å². The van der Waals surface area contributed by atoms with Gasteiger partial charge in [0.15, 0.2) is 6.10 Å². The molecule has 0 aliphatic rings. The van der Waals surface area contributed by atoms with Crippen molar-refractivity contribution in [2.45, 2.75) is 412 Å². The van der Waals surface area contributed by atoms with Crippen LogP contribution in [0.25, 0.3) is 0 Å². The summed E-state index contributed by atoms with van der Waals surface area (Å²) in [6.45, 7) is 6.67. The first-order valence-corrected chi connectivity index (χ1v) is 36.5. The molecular formula is C75H140O6. The van der Waals surface area contributed by atoms with Crippen molar-refractivity contribution in [1.82, 2.24) is 0 Å². The first-order chi connectivity index (χ1) is 40.0. The van der Waals surface area contributed by atoms with Crippen molar-refractivity contribution in [3.05, 3.63) is 36.5 Å². The molecule has 0 aromatic heterocycles. The monoisotopic (exact) mass is 1140 g/mol. The largest absolute Gasteiger partial charge is 0.462 e. The van der Waals surface area contributed by atoms with Gasteiger partial charge in [0.2, 0.25) is 0 Å². The second-order valence-corrected chi connectivity index (χ2v) is 24.9. The summed E-state index contributed by atoms with van der Waals surface area (Å²) in [5.74, 6) is -0.864. The molecule has 0 aromatic rings. The van der Waals surface area contributed by atoms with Gasteiger partial charge in [-0.05, 0) is 77.0 Å². The quantitative estimate of drug-likeness (QED) is 0.0261. The van der Waals surface area contributed by atoms with E-state index >= 15 is 0 Å².